The Bertz CT molecular complexity index is 853. The molecule has 4 heterocycles. The summed E-state index contributed by atoms with van der Waals surface area (Å²) in [5.74, 6) is 0.172. The molecule has 0 aliphatic carbocycles. The van der Waals surface area contributed by atoms with E-state index in [0.717, 1.165) is 11.1 Å². The Labute approximate surface area is 157 Å². The number of amides is 2. The van der Waals surface area contributed by atoms with E-state index in [0.29, 0.717) is 38.8 Å². The maximum Gasteiger partial charge on any atom is 0.227 e. The molecule has 2 amide bonds. The molecular formula is C20H22N4O3. The van der Waals surface area contributed by atoms with Gasteiger partial charge in [-0.05, 0) is 17.5 Å². The first-order valence-electron chi connectivity index (χ1n) is 9.48. The third-order valence-corrected chi connectivity index (χ3v) is 6.10. The molecule has 1 aromatic heterocycles. The van der Waals surface area contributed by atoms with Gasteiger partial charge in [-0.15, -0.1) is 0 Å². The first-order chi connectivity index (χ1) is 13.2. The molecule has 2 aromatic rings. The van der Waals surface area contributed by atoms with Crippen molar-refractivity contribution >= 4 is 11.8 Å². The van der Waals surface area contributed by atoms with Crippen LogP contribution in [0.2, 0.25) is 0 Å². The number of hydrogen-bond donors (Lipinski definition) is 1. The van der Waals surface area contributed by atoms with Gasteiger partial charge in [-0.1, -0.05) is 30.3 Å². The zero-order chi connectivity index (χ0) is 18.4. The molecule has 3 aliphatic heterocycles. The lowest BCUT2D eigenvalue weighted by atomic mass is 10.1. The van der Waals surface area contributed by atoms with Crippen molar-refractivity contribution in [1.29, 1.82) is 0 Å². The first-order valence-corrected chi connectivity index (χ1v) is 9.48. The van der Waals surface area contributed by atoms with E-state index in [-0.39, 0.29) is 24.0 Å². The minimum atomic E-state index is -0.650. The van der Waals surface area contributed by atoms with Crippen LogP contribution in [0.15, 0.2) is 42.7 Å². The van der Waals surface area contributed by atoms with E-state index < -0.39 is 5.72 Å². The lowest BCUT2D eigenvalue weighted by Crippen LogP contribution is -2.48. The Hall–Kier alpha value is -2.67. The van der Waals surface area contributed by atoms with Gasteiger partial charge in [0.1, 0.15) is 6.10 Å². The molecule has 27 heavy (non-hydrogen) atoms. The third-order valence-electron chi connectivity index (χ3n) is 6.10. The molecule has 3 fully saturated rings. The van der Waals surface area contributed by atoms with Crippen molar-refractivity contribution < 1.29 is 14.3 Å². The second-order valence-electron chi connectivity index (χ2n) is 7.53. The Morgan fingerprint density at radius 1 is 1.33 bits per heavy atom. The van der Waals surface area contributed by atoms with E-state index in [1.807, 2.05) is 46.3 Å². The summed E-state index contributed by atoms with van der Waals surface area (Å²) in [7, 11) is 0. The Kier molecular flexibility index (Phi) is 3.79. The van der Waals surface area contributed by atoms with Crippen molar-refractivity contribution in [2.45, 2.75) is 43.6 Å². The molecule has 0 bridgehead atoms. The van der Waals surface area contributed by atoms with E-state index >= 15 is 0 Å². The number of aromatic nitrogens is 2. The van der Waals surface area contributed by atoms with Crippen LogP contribution < -0.4 is 0 Å². The van der Waals surface area contributed by atoms with Crippen molar-refractivity contribution in [3.05, 3.63) is 53.9 Å². The molecule has 3 aliphatic rings. The summed E-state index contributed by atoms with van der Waals surface area (Å²) in [4.78, 5) is 29.2. The summed E-state index contributed by atoms with van der Waals surface area (Å²) in [6.45, 7) is 1.20. The average Bonchev–Trinajstić information content (AvgIpc) is 3.44. The van der Waals surface area contributed by atoms with Gasteiger partial charge >= 0.3 is 0 Å². The number of H-pyrrole nitrogens is 1. The van der Waals surface area contributed by atoms with Gasteiger partial charge in [0.25, 0.3) is 0 Å². The van der Waals surface area contributed by atoms with E-state index in [1.165, 1.54) is 0 Å². The van der Waals surface area contributed by atoms with E-state index in [2.05, 4.69) is 10.2 Å². The molecule has 0 unspecified atom stereocenters. The second kappa shape index (κ2) is 6.20. The summed E-state index contributed by atoms with van der Waals surface area (Å²) in [6, 6.07) is 9.83. The van der Waals surface area contributed by atoms with Crippen molar-refractivity contribution in [2.24, 2.45) is 0 Å². The zero-order valence-corrected chi connectivity index (χ0v) is 15.0. The summed E-state index contributed by atoms with van der Waals surface area (Å²) in [6.07, 6.45) is 5.54. The highest BCUT2D eigenvalue weighted by molar-refractivity contribution is 5.85. The third kappa shape index (κ3) is 2.56. The molecule has 1 spiro atoms. The van der Waals surface area contributed by atoms with Gasteiger partial charge in [0.05, 0.1) is 25.2 Å². The SMILES string of the molecule is O=C(CCc1cn[nH]c1)N1CC[C@@]23O[C@H](c4ccccc4)CN2C(=O)C[C@@H]13. The molecule has 0 saturated carbocycles. The van der Waals surface area contributed by atoms with E-state index in [4.69, 9.17) is 4.74 Å². The number of benzene rings is 1. The lowest BCUT2D eigenvalue weighted by molar-refractivity contribution is -0.142. The Balaban J connectivity index is 1.34. The van der Waals surface area contributed by atoms with Crippen LogP contribution in [0.1, 0.15) is 36.5 Å². The topological polar surface area (TPSA) is 78.5 Å². The molecule has 7 nitrogen and oxygen atoms in total. The van der Waals surface area contributed by atoms with Gasteiger partial charge in [0.2, 0.25) is 11.8 Å². The summed E-state index contributed by atoms with van der Waals surface area (Å²) < 4.78 is 6.48. The molecule has 3 saturated heterocycles. The molecule has 1 aromatic carbocycles. The van der Waals surface area contributed by atoms with E-state index in [1.54, 1.807) is 6.20 Å². The van der Waals surface area contributed by atoms with Crippen molar-refractivity contribution in [3.63, 3.8) is 0 Å². The zero-order valence-electron chi connectivity index (χ0n) is 15.0. The van der Waals surface area contributed by atoms with Crippen LogP contribution >= 0.6 is 0 Å². The first kappa shape index (κ1) is 16.5. The van der Waals surface area contributed by atoms with Crippen LogP contribution in [0.4, 0.5) is 0 Å². The Morgan fingerprint density at radius 3 is 2.96 bits per heavy atom. The van der Waals surface area contributed by atoms with Crippen LogP contribution in [-0.4, -0.2) is 56.7 Å². The number of rotatable bonds is 4. The fourth-order valence-electron chi connectivity index (χ4n) is 4.77. The number of ether oxygens (including phenoxy) is 1. The number of nitrogens with zero attached hydrogens (tertiary/aromatic N) is 3. The number of hydrogen-bond acceptors (Lipinski definition) is 4. The fraction of sp³-hybridized carbons (Fsp3) is 0.450. The standard InChI is InChI=1S/C20H22N4O3/c25-18(7-6-14-11-21-22-12-14)23-9-8-20-17(23)10-19(26)24(20)13-16(27-20)15-4-2-1-3-5-15/h1-5,11-12,16-17H,6-10,13H2,(H,21,22)/t16-,17+,20-/m0/s1. The van der Waals surface area contributed by atoms with Crippen LogP contribution in [0, 0.1) is 0 Å². The summed E-state index contributed by atoms with van der Waals surface area (Å²) in [5, 5.41) is 6.69. The number of nitrogens with one attached hydrogen (secondary N) is 1. The van der Waals surface area contributed by atoms with Crippen LogP contribution in [0.25, 0.3) is 0 Å². The molecule has 0 radical (unpaired) electrons. The monoisotopic (exact) mass is 366 g/mol. The summed E-state index contributed by atoms with van der Waals surface area (Å²) >= 11 is 0. The Morgan fingerprint density at radius 2 is 2.19 bits per heavy atom. The van der Waals surface area contributed by atoms with E-state index in [9.17, 15) is 9.59 Å². The molecule has 1 N–H and O–H groups in total. The smallest absolute Gasteiger partial charge is 0.227 e. The van der Waals surface area contributed by atoms with Crippen LogP contribution in [0.3, 0.4) is 0 Å². The van der Waals surface area contributed by atoms with Gasteiger partial charge in [0, 0.05) is 25.6 Å². The number of likely N-dealkylation sites (tertiary alicyclic amines) is 1. The molecule has 3 atom stereocenters. The number of carbonyl (C=O) groups is 2. The minimum absolute atomic E-state index is 0.0829. The summed E-state index contributed by atoms with van der Waals surface area (Å²) in [5.41, 5.74) is 1.45. The molecule has 7 heteroatoms. The van der Waals surface area contributed by atoms with Crippen molar-refractivity contribution in [1.82, 2.24) is 20.0 Å². The average molecular weight is 366 g/mol. The normalized spacial score (nSPS) is 29.3. The van der Waals surface area contributed by atoms with Gasteiger partial charge in [-0.3, -0.25) is 14.7 Å². The largest absolute Gasteiger partial charge is 0.343 e. The maximum atomic E-state index is 12.8. The molecular weight excluding hydrogens is 344 g/mol. The number of aryl methyl sites for hydroxylation is 1. The lowest BCUT2D eigenvalue weighted by Gasteiger charge is -2.32. The minimum Gasteiger partial charge on any atom is -0.343 e. The highest BCUT2D eigenvalue weighted by Gasteiger charge is 2.64. The molecule has 5 rings (SSSR count). The predicted octanol–water partition coefficient (Wildman–Crippen LogP) is 1.64. The van der Waals surface area contributed by atoms with Gasteiger partial charge in [0.15, 0.2) is 5.72 Å². The van der Waals surface area contributed by atoms with Crippen molar-refractivity contribution in [2.75, 3.05) is 13.1 Å². The van der Waals surface area contributed by atoms with Crippen molar-refractivity contribution in [3.8, 4) is 0 Å². The number of carbonyl (C=O) groups excluding carboxylic acids is 2. The quantitative estimate of drug-likeness (QED) is 0.892. The number of aromatic amines is 1. The van der Waals surface area contributed by atoms with Gasteiger partial charge < -0.3 is 14.5 Å². The van der Waals surface area contributed by atoms with Crippen LogP contribution in [-0.2, 0) is 20.7 Å². The highest BCUT2D eigenvalue weighted by Crippen LogP contribution is 2.50. The highest BCUT2D eigenvalue weighted by atomic mass is 16.5. The maximum absolute atomic E-state index is 12.8. The predicted molar refractivity (Wildman–Crippen MR) is 96.4 cm³/mol. The molecule has 140 valence electrons. The van der Waals surface area contributed by atoms with Gasteiger partial charge in [-0.25, -0.2) is 0 Å². The fourth-order valence-corrected chi connectivity index (χ4v) is 4.77. The van der Waals surface area contributed by atoms with Gasteiger partial charge in [-0.2, -0.15) is 5.10 Å². The second-order valence-corrected chi connectivity index (χ2v) is 7.53. The van der Waals surface area contributed by atoms with Crippen LogP contribution in [0.5, 0.6) is 0 Å².